The summed E-state index contributed by atoms with van der Waals surface area (Å²) in [6.45, 7) is 9.60. The van der Waals surface area contributed by atoms with Crippen molar-refractivity contribution in [1.29, 1.82) is 0 Å². The van der Waals surface area contributed by atoms with E-state index < -0.39 is 0 Å². The smallest absolute Gasteiger partial charge is 0.242 e. The van der Waals surface area contributed by atoms with Crippen molar-refractivity contribution in [1.82, 2.24) is 9.80 Å². The van der Waals surface area contributed by atoms with Crippen LogP contribution in [0, 0.1) is 12.8 Å². The number of benzene rings is 1. The van der Waals surface area contributed by atoms with Crippen molar-refractivity contribution in [3.05, 3.63) is 51.7 Å². The third kappa shape index (κ3) is 5.42. The molecule has 0 spiro atoms. The van der Waals surface area contributed by atoms with Gasteiger partial charge in [0, 0.05) is 24.9 Å². The molecular formula is C24H32N2O3S. The van der Waals surface area contributed by atoms with Crippen LogP contribution in [0.5, 0.6) is 5.75 Å². The SMILES string of the molecule is CCC(C)CN(CC(=O)N1CCc2sccc2C1COc1ccc(C)cc1)C(C)=O. The average molecular weight is 429 g/mol. The molecular weight excluding hydrogens is 396 g/mol. The second kappa shape index (κ2) is 10.1. The summed E-state index contributed by atoms with van der Waals surface area (Å²) < 4.78 is 6.07. The van der Waals surface area contributed by atoms with E-state index >= 15 is 0 Å². The minimum Gasteiger partial charge on any atom is -0.491 e. The summed E-state index contributed by atoms with van der Waals surface area (Å²) >= 11 is 1.74. The van der Waals surface area contributed by atoms with Crippen LogP contribution in [0.1, 0.15) is 49.2 Å². The van der Waals surface area contributed by atoms with Crippen LogP contribution in [0.4, 0.5) is 0 Å². The molecule has 0 fully saturated rings. The molecule has 2 atom stereocenters. The fraction of sp³-hybridized carbons (Fsp3) is 0.500. The summed E-state index contributed by atoms with van der Waals surface area (Å²) in [5, 5.41) is 2.09. The molecule has 2 heterocycles. The van der Waals surface area contributed by atoms with Crippen LogP contribution in [0.15, 0.2) is 35.7 Å². The first kappa shape index (κ1) is 22.3. The predicted molar refractivity (Wildman–Crippen MR) is 121 cm³/mol. The largest absolute Gasteiger partial charge is 0.491 e. The molecule has 3 rings (SSSR count). The quantitative estimate of drug-likeness (QED) is 0.624. The Bertz CT molecular complexity index is 862. The zero-order chi connectivity index (χ0) is 21.7. The van der Waals surface area contributed by atoms with Gasteiger partial charge in [-0.05, 0) is 48.4 Å². The van der Waals surface area contributed by atoms with Gasteiger partial charge in [-0.25, -0.2) is 0 Å². The van der Waals surface area contributed by atoms with Gasteiger partial charge in [-0.3, -0.25) is 9.59 Å². The van der Waals surface area contributed by atoms with Gasteiger partial charge in [0.2, 0.25) is 11.8 Å². The van der Waals surface area contributed by atoms with Crippen LogP contribution in [0.3, 0.4) is 0 Å². The lowest BCUT2D eigenvalue weighted by Crippen LogP contribution is -2.48. The van der Waals surface area contributed by atoms with Gasteiger partial charge in [0.05, 0.1) is 12.6 Å². The van der Waals surface area contributed by atoms with Crippen LogP contribution < -0.4 is 4.74 Å². The van der Waals surface area contributed by atoms with Crippen molar-refractivity contribution in [3.8, 4) is 5.75 Å². The number of hydrogen-bond acceptors (Lipinski definition) is 4. The maximum atomic E-state index is 13.3. The Hall–Kier alpha value is -2.34. The van der Waals surface area contributed by atoms with Crippen molar-refractivity contribution in [2.75, 3.05) is 26.2 Å². The van der Waals surface area contributed by atoms with E-state index in [9.17, 15) is 9.59 Å². The molecule has 2 unspecified atom stereocenters. The van der Waals surface area contributed by atoms with Crippen molar-refractivity contribution < 1.29 is 14.3 Å². The molecule has 0 aliphatic carbocycles. The standard InChI is InChI=1S/C24H32N2O3S/c1-5-17(2)14-25(19(4)27)15-24(28)26-12-10-23-21(11-13-30-23)22(26)16-29-20-8-6-18(3)7-9-20/h6-9,11,13,17,22H,5,10,12,14-16H2,1-4H3. The number of ether oxygens (including phenoxy) is 1. The van der Waals surface area contributed by atoms with Gasteiger partial charge in [0.1, 0.15) is 12.4 Å². The summed E-state index contributed by atoms with van der Waals surface area (Å²) in [6, 6.07) is 9.94. The van der Waals surface area contributed by atoms with E-state index in [-0.39, 0.29) is 24.4 Å². The highest BCUT2D eigenvalue weighted by Gasteiger charge is 2.33. The third-order valence-electron chi connectivity index (χ3n) is 5.84. The summed E-state index contributed by atoms with van der Waals surface area (Å²) in [6.07, 6.45) is 1.83. The Morgan fingerprint density at radius 3 is 2.67 bits per heavy atom. The fourth-order valence-electron chi connectivity index (χ4n) is 3.75. The van der Waals surface area contributed by atoms with E-state index in [0.717, 1.165) is 18.6 Å². The van der Waals surface area contributed by atoms with Crippen LogP contribution in [-0.2, 0) is 16.0 Å². The topological polar surface area (TPSA) is 49.9 Å². The molecule has 0 bridgehead atoms. The van der Waals surface area contributed by atoms with Gasteiger partial charge in [-0.15, -0.1) is 11.3 Å². The Morgan fingerprint density at radius 2 is 2.00 bits per heavy atom. The Morgan fingerprint density at radius 1 is 1.27 bits per heavy atom. The monoisotopic (exact) mass is 428 g/mol. The average Bonchev–Trinajstić information content (AvgIpc) is 3.21. The zero-order valence-electron chi connectivity index (χ0n) is 18.4. The second-order valence-corrected chi connectivity index (χ2v) is 9.19. The summed E-state index contributed by atoms with van der Waals surface area (Å²) in [5.41, 5.74) is 2.35. The molecule has 0 saturated heterocycles. The molecule has 2 aromatic rings. The number of rotatable bonds is 8. The minimum absolute atomic E-state index is 0.0112. The molecule has 0 N–H and O–H groups in total. The molecule has 0 saturated carbocycles. The molecule has 1 aliphatic rings. The van der Waals surface area contributed by atoms with E-state index in [0.29, 0.717) is 25.6 Å². The van der Waals surface area contributed by atoms with Gasteiger partial charge in [-0.1, -0.05) is 38.0 Å². The number of fused-ring (bicyclic) bond motifs is 1. The van der Waals surface area contributed by atoms with Gasteiger partial charge in [-0.2, -0.15) is 0 Å². The highest BCUT2D eigenvalue weighted by molar-refractivity contribution is 7.10. The Labute approximate surface area is 183 Å². The van der Waals surface area contributed by atoms with Crippen LogP contribution >= 0.6 is 11.3 Å². The van der Waals surface area contributed by atoms with Gasteiger partial charge >= 0.3 is 0 Å². The summed E-state index contributed by atoms with van der Waals surface area (Å²) in [7, 11) is 0. The Balaban J connectivity index is 1.74. The molecule has 162 valence electrons. The minimum atomic E-state index is -0.133. The fourth-order valence-corrected chi connectivity index (χ4v) is 4.68. The summed E-state index contributed by atoms with van der Waals surface area (Å²) in [4.78, 5) is 30.3. The maximum Gasteiger partial charge on any atom is 0.242 e. The molecule has 1 aromatic carbocycles. The Kier molecular flexibility index (Phi) is 7.53. The van der Waals surface area contributed by atoms with E-state index in [2.05, 4.69) is 25.3 Å². The van der Waals surface area contributed by atoms with Crippen molar-refractivity contribution in [2.45, 2.75) is 46.6 Å². The number of aryl methyl sites for hydroxylation is 1. The number of carbonyl (C=O) groups is 2. The number of hydrogen-bond donors (Lipinski definition) is 0. The van der Waals surface area contributed by atoms with Crippen molar-refractivity contribution in [3.63, 3.8) is 0 Å². The third-order valence-corrected chi connectivity index (χ3v) is 6.84. The van der Waals surface area contributed by atoms with Gasteiger partial charge in [0.15, 0.2) is 0 Å². The highest BCUT2D eigenvalue weighted by atomic mass is 32.1. The first-order valence-electron chi connectivity index (χ1n) is 10.7. The van der Waals surface area contributed by atoms with E-state index in [1.165, 1.54) is 16.0 Å². The lowest BCUT2D eigenvalue weighted by molar-refractivity contribution is -0.142. The lowest BCUT2D eigenvalue weighted by atomic mass is 10.00. The summed E-state index contributed by atoms with van der Waals surface area (Å²) in [5.74, 6) is 1.11. The van der Waals surface area contributed by atoms with Crippen LogP contribution in [0.2, 0.25) is 0 Å². The molecule has 0 radical (unpaired) electrons. The van der Waals surface area contributed by atoms with Crippen molar-refractivity contribution >= 4 is 23.2 Å². The first-order valence-corrected chi connectivity index (χ1v) is 11.6. The second-order valence-electron chi connectivity index (χ2n) is 8.19. The number of carbonyl (C=O) groups excluding carboxylic acids is 2. The van der Waals surface area contributed by atoms with Crippen LogP contribution in [-0.4, -0.2) is 47.9 Å². The molecule has 2 amide bonds. The molecule has 1 aliphatic heterocycles. The van der Waals surface area contributed by atoms with Crippen molar-refractivity contribution in [2.24, 2.45) is 5.92 Å². The highest BCUT2D eigenvalue weighted by Crippen LogP contribution is 2.34. The van der Waals surface area contributed by atoms with E-state index in [1.807, 2.05) is 36.1 Å². The maximum absolute atomic E-state index is 13.3. The van der Waals surface area contributed by atoms with Gasteiger partial charge < -0.3 is 14.5 Å². The number of nitrogens with zero attached hydrogens (tertiary/aromatic N) is 2. The van der Waals surface area contributed by atoms with Crippen LogP contribution in [0.25, 0.3) is 0 Å². The molecule has 6 heteroatoms. The van der Waals surface area contributed by atoms with E-state index in [1.54, 1.807) is 23.2 Å². The lowest BCUT2D eigenvalue weighted by Gasteiger charge is -2.37. The van der Waals surface area contributed by atoms with Gasteiger partial charge in [0.25, 0.3) is 0 Å². The molecule has 1 aromatic heterocycles. The molecule has 5 nitrogen and oxygen atoms in total. The number of thiophene rings is 1. The first-order chi connectivity index (χ1) is 14.4. The zero-order valence-corrected chi connectivity index (χ0v) is 19.2. The predicted octanol–water partition coefficient (Wildman–Crippen LogP) is 4.46. The number of amides is 2. The van der Waals surface area contributed by atoms with E-state index in [4.69, 9.17) is 4.74 Å². The normalized spacial score (nSPS) is 16.7. The molecule has 30 heavy (non-hydrogen) atoms.